The van der Waals surface area contributed by atoms with Gasteiger partial charge in [-0.3, -0.25) is 4.79 Å². The van der Waals surface area contributed by atoms with Crippen LogP contribution < -0.4 is 0 Å². The Kier molecular flexibility index (Phi) is 3.73. The van der Waals surface area contributed by atoms with Crippen LogP contribution in [-0.4, -0.2) is 31.9 Å². The van der Waals surface area contributed by atoms with Crippen LogP contribution in [0.1, 0.15) is 31.5 Å². The van der Waals surface area contributed by atoms with E-state index in [2.05, 4.69) is 10.2 Å². The summed E-state index contributed by atoms with van der Waals surface area (Å²) in [6, 6.07) is 0. The molecule has 0 bridgehead atoms. The van der Waals surface area contributed by atoms with Crippen molar-refractivity contribution in [1.82, 2.24) is 14.8 Å². The lowest BCUT2D eigenvalue weighted by Gasteiger charge is -2.25. The molecule has 1 N–H and O–H groups in total. The topological polar surface area (TPSA) is 77.2 Å². The number of carboxylic acids is 1. The molecular formula is C11H17N3O3. The predicted octanol–water partition coefficient (Wildman–Crippen LogP) is 0.975. The molecule has 0 aliphatic heterocycles. The van der Waals surface area contributed by atoms with E-state index in [1.165, 1.54) is 0 Å². The van der Waals surface area contributed by atoms with Gasteiger partial charge < -0.3 is 14.4 Å². The number of carbonyl (C=O) groups is 1. The summed E-state index contributed by atoms with van der Waals surface area (Å²) in [4.78, 5) is 10.8. The fourth-order valence-electron chi connectivity index (χ4n) is 2.11. The van der Waals surface area contributed by atoms with Crippen molar-refractivity contribution >= 4 is 5.97 Å². The van der Waals surface area contributed by atoms with E-state index >= 15 is 0 Å². The van der Waals surface area contributed by atoms with Crippen LogP contribution in [0.3, 0.4) is 0 Å². The van der Waals surface area contributed by atoms with Crippen molar-refractivity contribution in [3.05, 3.63) is 12.2 Å². The number of aromatic nitrogens is 3. The van der Waals surface area contributed by atoms with Crippen molar-refractivity contribution in [1.29, 1.82) is 0 Å². The predicted molar refractivity (Wildman–Crippen MR) is 59.2 cm³/mol. The quantitative estimate of drug-likeness (QED) is 0.847. The van der Waals surface area contributed by atoms with E-state index < -0.39 is 5.97 Å². The third-order valence-corrected chi connectivity index (χ3v) is 3.28. The van der Waals surface area contributed by atoms with Crippen LogP contribution >= 0.6 is 0 Å². The number of carboxylic acid groups (broad SMARTS) is 1. The summed E-state index contributed by atoms with van der Waals surface area (Å²) in [5.41, 5.74) is 0. The zero-order chi connectivity index (χ0) is 12.3. The summed E-state index contributed by atoms with van der Waals surface area (Å²) < 4.78 is 7.54. The molecule has 0 radical (unpaired) electrons. The summed E-state index contributed by atoms with van der Waals surface area (Å²) in [5.74, 6) is -0.0770. The van der Waals surface area contributed by atoms with E-state index in [1.54, 1.807) is 6.33 Å². The average molecular weight is 239 g/mol. The Morgan fingerprint density at radius 1 is 1.53 bits per heavy atom. The Labute approximate surface area is 99.6 Å². The first-order chi connectivity index (χ1) is 8.16. The molecule has 0 amide bonds. The summed E-state index contributed by atoms with van der Waals surface area (Å²) >= 11 is 0. The van der Waals surface area contributed by atoms with Gasteiger partial charge in [0, 0.05) is 7.05 Å². The van der Waals surface area contributed by atoms with Crippen molar-refractivity contribution in [2.75, 3.05) is 0 Å². The molecule has 0 spiro atoms. The SMILES string of the molecule is Cn1cnnc1COC1CCC(C(=O)O)CC1. The maximum atomic E-state index is 10.8. The smallest absolute Gasteiger partial charge is 0.306 e. The van der Waals surface area contributed by atoms with Gasteiger partial charge in [0.2, 0.25) is 0 Å². The molecule has 94 valence electrons. The number of hydrogen-bond donors (Lipinski definition) is 1. The molecule has 17 heavy (non-hydrogen) atoms. The fourth-order valence-corrected chi connectivity index (χ4v) is 2.11. The zero-order valence-corrected chi connectivity index (χ0v) is 9.87. The van der Waals surface area contributed by atoms with Gasteiger partial charge in [-0.25, -0.2) is 0 Å². The maximum absolute atomic E-state index is 10.8. The van der Waals surface area contributed by atoms with Crippen LogP contribution in [-0.2, 0) is 23.2 Å². The molecule has 0 unspecified atom stereocenters. The molecule has 6 heteroatoms. The highest BCUT2D eigenvalue weighted by Gasteiger charge is 2.26. The molecule has 6 nitrogen and oxygen atoms in total. The number of ether oxygens (including phenoxy) is 1. The lowest BCUT2D eigenvalue weighted by molar-refractivity contribution is -0.143. The summed E-state index contributed by atoms with van der Waals surface area (Å²) in [7, 11) is 1.88. The van der Waals surface area contributed by atoms with E-state index in [1.807, 2.05) is 11.6 Å². The van der Waals surface area contributed by atoms with Gasteiger partial charge in [0.25, 0.3) is 0 Å². The minimum atomic E-state index is -0.684. The monoisotopic (exact) mass is 239 g/mol. The molecule has 1 aromatic heterocycles. The van der Waals surface area contributed by atoms with Crippen LogP contribution in [0.4, 0.5) is 0 Å². The molecular weight excluding hydrogens is 222 g/mol. The molecule has 2 rings (SSSR count). The van der Waals surface area contributed by atoms with Crippen molar-refractivity contribution in [3.8, 4) is 0 Å². The van der Waals surface area contributed by atoms with Gasteiger partial charge in [0.05, 0.1) is 12.0 Å². The Balaban J connectivity index is 1.75. The number of hydrogen-bond acceptors (Lipinski definition) is 4. The summed E-state index contributed by atoms with van der Waals surface area (Å²) in [5, 5.41) is 16.6. The second-order valence-corrected chi connectivity index (χ2v) is 4.48. The van der Waals surface area contributed by atoms with Crippen molar-refractivity contribution < 1.29 is 14.6 Å². The van der Waals surface area contributed by atoms with Gasteiger partial charge in [0.15, 0.2) is 5.82 Å². The van der Waals surface area contributed by atoms with E-state index in [-0.39, 0.29) is 12.0 Å². The van der Waals surface area contributed by atoms with Gasteiger partial charge in [0.1, 0.15) is 12.9 Å². The second-order valence-electron chi connectivity index (χ2n) is 4.48. The van der Waals surface area contributed by atoms with E-state index in [4.69, 9.17) is 9.84 Å². The van der Waals surface area contributed by atoms with Gasteiger partial charge in [-0.15, -0.1) is 10.2 Å². The van der Waals surface area contributed by atoms with Crippen molar-refractivity contribution in [2.24, 2.45) is 13.0 Å². The standard InChI is InChI=1S/C11H17N3O3/c1-14-7-12-13-10(14)6-17-9-4-2-8(3-5-9)11(15)16/h7-9H,2-6H2,1H3,(H,15,16). The highest BCUT2D eigenvalue weighted by molar-refractivity contribution is 5.70. The van der Waals surface area contributed by atoms with Crippen molar-refractivity contribution in [3.63, 3.8) is 0 Å². The minimum absolute atomic E-state index is 0.155. The minimum Gasteiger partial charge on any atom is -0.481 e. The van der Waals surface area contributed by atoms with E-state index in [0.717, 1.165) is 18.7 Å². The van der Waals surface area contributed by atoms with E-state index in [0.29, 0.717) is 19.4 Å². The maximum Gasteiger partial charge on any atom is 0.306 e. The Morgan fingerprint density at radius 2 is 2.24 bits per heavy atom. The summed E-state index contributed by atoms with van der Waals surface area (Å²) in [6.07, 6.45) is 4.84. The zero-order valence-electron chi connectivity index (χ0n) is 9.87. The van der Waals surface area contributed by atoms with Crippen LogP contribution in [0, 0.1) is 5.92 Å². The molecule has 1 saturated carbocycles. The molecule has 0 atom stereocenters. The number of aryl methyl sites for hydroxylation is 1. The summed E-state index contributed by atoms with van der Waals surface area (Å²) in [6.45, 7) is 0.443. The third kappa shape index (κ3) is 3.03. The third-order valence-electron chi connectivity index (χ3n) is 3.28. The van der Waals surface area contributed by atoms with Gasteiger partial charge in [-0.1, -0.05) is 0 Å². The first kappa shape index (κ1) is 12.0. The molecule has 0 saturated heterocycles. The highest BCUT2D eigenvalue weighted by Crippen LogP contribution is 2.26. The molecule has 1 heterocycles. The molecule has 0 aromatic carbocycles. The molecule has 1 aliphatic carbocycles. The Morgan fingerprint density at radius 3 is 2.76 bits per heavy atom. The molecule has 1 aliphatic rings. The van der Waals surface area contributed by atoms with E-state index in [9.17, 15) is 4.79 Å². The highest BCUT2D eigenvalue weighted by atomic mass is 16.5. The number of rotatable bonds is 4. The molecule has 1 fully saturated rings. The lowest BCUT2D eigenvalue weighted by atomic mass is 9.87. The Bertz CT molecular complexity index is 383. The second kappa shape index (κ2) is 5.27. The molecule has 1 aromatic rings. The first-order valence-electron chi connectivity index (χ1n) is 5.84. The Hall–Kier alpha value is -1.43. The van der Waals surface area contributed by atoms with Gasteiger partial charge in [-0.2, -0.15) is 0 Å². The van der Waals surface area contributed by atoms with Crippen LogP contribution in [0.15, 0.2) is 6.33 Å². The van der Waals surface area contributed by atoms with Crippen LogP contribution in [0.5, 0.6) is 0 Å². The number of nitrogens with zero attached hydrogens (tertiary/aromatic N) is 3. The number of aliphatic carboxylic acids is 1. The first-order valence-corrected chi connectivity index (χ1v) is 5.84. The van der Waals surface area contributed by atoms with Gasteiger partial charge in [-0.05, 0) is 25.7 Å². The van der Waals surface area contributed by atoms with Crippen LogP contribution in [0.2, 0.25) is 0 Å². The van der Waals surface area contributed by atoms with Gasteiger partial charge >= 0.3 is 5.97 Å². The average Bonchev–Trinajstić information content (AvgIpc) is 2.73. The fraction of sp³-hybridized carbons (Fsp3) is 0.727. The van der Waals surface area contributed by atoms with Crippen molar-refractivity contribution in [2.45, 2.75) is 38.4 Å². The lowest BCUT2D eigenvalue weighted by Crippen LogP contribution is -2.26. The largest absolute Gasteiger partial charge is 0.481 e. The normalized spacial score (nSPS) is 24.8. The van der Waals surface area contributed by atoms with Crippen LogP contribution in [0.25, 0.3) is 0 Å².